The lowest BCUT2D eigenvalue weighted by atomic mass is 10.2. The van der Waals surface area contributed by atoms with E-state index in [0.29, 0.717) is 0 Å². The van der Waals surface area contributed by atoms with Crippen LogP contribution in [0.15, 0.2) is 17.0 Å². The van der Waals surface area contributed by atoms with Gasteiger partial charge in [-0.25, -0.2) is 8.42 Å². The van der Waals surface area contributed by atoms with Gasteiger partial charge in [-0.1, -0.05) is 27.5 Å². The van der Waals surface area contributed by atoms with Crippen LogP contribution < -0.4 is 0 Å². The van der Waals surface area contributed by atoms with E-state index in [4.69, 9.17) is 11.6 Å². The molecule has 5 nitrogen and oxygen atoms in total. The normalized spacial score (nSPS) is 11.4. The highest BCUT2D eigenvalue weighted by Gasteiger charge is 2.21. The number of hydrogen-bond donors (Lipinski definition) is 0. The SMILES string of the molecule is CS(=O)(=O)c1cc(Cl)c(CBr)c([N+](=O)[O-])c1. The standard InChI is InChI=1S/C8H7BrClNO4S/c1-16(14,15)5-2-7(10)6(4-9)8(3-5)11(12)13/h2-3H,4H2,1H3. The van der Waals surface area contributed by atoms with Crippen LogP contribution in [0.1, 0.15) is 5.56 Å². The molecule has 0 bridgehead atoms. The van der Waals surface area contributed by atoms with Gasteiger partial charge in [-0.15, -0.1) is 0 Å². The largest absolute Gasteiger partial charge is 0.276 e. The summed E-state index contributed by atoms with van der Waals surface area (Å²) in [6, 6.07) is 2.22. The smallest absolute Gasteiger partial charge is 0.258 e. The Morgan fingerprint density at radius 1 is 1.50 bits per heavy atom. The molecule has 0 unspecified atom stereocenters. The van der Waals surface area contributed by atoms with Gasteiger partial charge in [0.05, 0.1) is 20.4 Å². The van der Waals surface area contributed by atoms with Crippen molar-refractivity contribution in [3.8, 4) is 0 Å². The van der Waals surface area contributed by atoms with Crippen LogP contribution >= 0.6 is 27.5 Å². The number of rotatable bonds is 3. The van der Waals surface area contributed by atoms with Gasteiger partial charge in [-0.3, -0.25) is 10.1 Å². The lowest BCUT2D eigenvalue weighted by Gasteiger charge is -2.05. The lowest BCUT2D eigenvalue weighted by molar-refractivity contribution is -0.385. The van der Waals surface area contributed by atoms with E-state index in [-0.39, 0.29) is 26.5 Å². The molecular weight excluding hydrogens is 322 g/mol. The Hall–Kier alpha value is -0.660. The van der Waals surface area contributed by atoms with Crippen molar-refractivity contribution in [3.05, 3.63) is 32.8 Å². The van der Waals surface area contributed by atoms with Gasteiger partial charge in [0.15, 0.2) is 9.84 Å². The van der Waals surface area contributed by atoms with Gasteiger partial charge >= 0.3 is 0 Å². The van der Waals surface area contributed by atoms with Gasteiger partial charge in [0.2, 0.25) is 0 Å². The van der Waals surface area contributed by atoms with Crippen molar-refractivity contribution < 1.29 is 13.3 Å². The Balaban J connectivity index is 3.59. The zero-order chi connectivity index (χ0) is 12.5. The van der Waals surface area contributed by atoms with Crippen molar-refractivity contribution in [1.29, 1.82) is 0 Å². The first-order valence-corrected chi connectivity index (χ1v) is 7.39. The quantitative estimate of drug-likeness (QED) is 0.485. The molecule has 0 saturated carbocycles. The Bertz CT molecular complexity index is 543. The molecule has 0 heterocycles. The number of benzene rings is 1. The predicted octanol–water partition coefficient (Wildman–Crippen LogP) is 2.55. The molecule has 0 N–H and O–H groups in total. The summed E-state index contributed by atoms with van der Waals surface area (Å²) in [5, 5.41) is 11.0. The maximum Gasteiger partial charge on any atom is 0.276 e. The van der Waals surface area contributed by atoms with E-state index >= 15 is 0 Å². The molecule has 0 aromatic heterocycles. The van der Waals surface area contributed by atoms with Gasteiger partial charge in [0, 0.05) is 17.7 Å². The first-order valence-electron chi connectivity index (χ1n) is 4.00. The van der Waals surface area contributed by atoms with E-state index in [2.05, 4.69) is 15.9 Å². The fourth-order valence-electron chi connectivity index (χ4n) is 1.11. The Kier molecular flexibility index (Phi) is 3.92. The highest BCUT2D eigenvalue weighted by Crippen LogP contribution is 2.31. The number of halogens is 2. The van der Waals surface area contributed by atoms with Crippen LogP contribution in [0.5, 0.6) is 0 Å². The zero-order valence-electron chi connectivity index (χ0n) is 8.11. The summed E-state index contributed by atoms with van der Waals surface area (Å²) in [5.41, 5.74) is -0.0381. The molecule has 1 aromatic rings. The number of nitrogens with zero attached hydrogens (tertiary/aromatic N) is 1. The minimum atomic E-state index is -3.51. The molecule has 0 aliphatic heterocycles. The molecule has 0 atom stereocenters. The summed E-state index contributed by atoms with van der Waals surface area (Å²) in [7, 11) is -3.51. The summed E-state index contributed by atoms with van der Waals surface area (Å²) in [6.07, 6.45) is 0.968. The van der Waals surface area contributed by atoms with E-state index in [0.717, 1.165) is 12.3 Å². The Morgan fingerprint density at radius 2 is 2.06 bits per heavy atom. The average Bonchev–Trinajstić information content (AvgIpc) is 2.14. The third kappa shape index (κ3) is 2.72. The topological polar surface area (TPSA) is 77.3 Å². The molecule has 0 aliphatic rings. The first-order chi connectivity index (χ1) is 7.27. The molecule has 0 saturated heterocycles. The van der Waals surface area contributed by atoms with Crippen molar-refractivity contribution in [2.24, 2.45) is 0 Å². The van der Waals surface area contributed by atoms with Crippen LogP contribution in [0.3, 0.4) is 0 Å². The zero-order valence-corrected chi connectivity index (χ0v) is 11.3. The Labute approximate surface area is 106 Å². The van der Waals surface area contributed by atoms with Crippen LogP contribution in [0, 0.1) is 10.1 Å². The van der Waals surface area contributed by atoms with Crippen LogP contribution in [0.2, 0.25) is 5.02 Å². The van der Waals surface area contributed by atoms with Crippen molar-refractivity contribution in [2.45, 2.75) is 10.2 Å². The molecule has 0 aliphatic carbocycles. The summed E-state index contributed by atoms with van der Waals surface area (Å²) in [6.45, 7) is 0. The maximum atomic E-state index is 11.3. The second-order valence-electron chi connectivity index (χ2n) is 3.07. The number of nitro benzene ring substituents is 1. The molecule has 0 amide bonds. The minimum absolute atomic E-state index is 0.0616. The monoisotopic (exact) mass is 327 g/mol. The fraction of sp³-hybridized carbons (Fsp3) is 0.250. The maximum absolute atomic E-state index is 11.3. The van der Waals surface area contributed by atoms with Gasteiger partial charge in [-0.2, -0.15) is 0 Å². The molecule has 0 radical (unpaired) electrons. The van der Waals surface area contributed by atoms with Gasteiger partial charge in [-0.05, 0) is 6.07 Å². The second kappa shape index (κ2) is 4.68. The summed E-state index contributed by atoms with van der Waals surface area (Å²) < 4.78 is 22.5. The van der Waals surface area contributed by atoms with Gasteiger partial charge < -0.3 is 0 Å². The van der Waals surface area contributed by atoms with Crippen molar-refractivity contribution in [2.75, 3.05) is 6.26 Å². The number of sulfone groups is 1. The van der Waals surface area contributed by atoms with Crippen LogP contribution in [-0.2, 0) is 15.2 Å². The van der Waals surface area contributed by atoms with Gasteiger partial charge in [0.25, 0.3) is 5.69 Å². The van der Waals surface area contributed by atoms with E-state index in [9.17, 15) is 18.5 Å². The molecule has 0 fully saturated rings. The average molecular weight is 329 g/mol. The van der Waals surface area contributed by atoms with E-state index in [1.165, 1.54) is 6.07 Å². The summed E-state index contributed by atoms with van der Waals surface area (Å²) >= 11 is 8.85. The fourth-order valence-corrected chi connectivity index (χ4v) is 2.86. The highest BCUT2D eigenvalue weighted by atomic mass is 79.9. The first kappa shape index (κ1) is 13.4. The second-order valence-corrected chi connectivity index (χ2v) is 6.05. The summed E-state index contributed by atoms with van der Waals surface area (Å²) in [5.74, 6) is 0. The lowest BCUT2D eigenvalue weighted by Crippen LogP contribution is -2.01. The molecule has 16 heavy (non-hydrogen) atoms. The van der Waals surface area contributed by atoms with Crippen molar-refractivity contribution in [1.82, 2.24) is 0 Å². The summed E-state index contributed by atoms with van der Waals surface area (Å²) in [4.78, 5) is 9.93. The predicted molar refractivity (Wildman–Crippen MR) is 63.8 cm³/mol. The third-order valence-corrected chi connectivity index (χ3v) is 3.89. The third-order valence-electron chi connectivity index (χ3n) is 1.90. The molecule has 88 valence electrons. The van der Waals surface area contributed by atoms with Crippen LogP contribution in [0.4, 0.5) is 5.69 Å². The van der Waals surface area contributed by atoms with E-state index in [1.807, 2.05) is 0 Å². The van der Waals surface area contributed by atoms with E-state index in [1.54, 1.807) is 0 Å². The van der Waals surface area contributed by atoms with Crippen LogP contribution in [0.25, 0.3) is 0 Å². The van der Waals surface area contributed by atoms with Crippen LogP contribution in [-0.4, -0.2) is 19.6 Å². The molecule has 1 aromatic carbocycles. The molecule has 1 rings (SSSR count). The van der Waals surface area contributed by atoms with E-state index < -0.39 is 14.8 Å². The minimum Gasteiger partial charge on any atom is -0.258 e. The highest BCUT2D eigenvalue weighted by molar-refractivity contribution is 9.08. The number of alkyl halides is 1. The van der Waals surface area contributed by atoms with Crippen molar-refractivity contribution >= 4 is 43.1 Å². The number of hydrogen-bond acceptors (Lipinski definition) is 4. The number of nitro groups is 1. The van der Waals surface area contributed by atoms with Crippen molar-refractivity contribution in [3.63, 3.8) is 0 Å². The molecule has 8 heteroatoms. The Morgan fingerprint density at radius 3 is 2.44 bits per heavy atom. The molecular formula is C8H7BrClNO4S. The van der Waals surface area contributed by atoms with Gasteiger partial charge in [0.1, 0.15) is 0 Å². The molecule has 0 spiro atoms.